The maximum Gasteiger partial charge on any atom is 0.239 e. The molecule has 1 fully saturated rings. The molecule has 0 spiro atoms. The van der Waals surface area contributed by atoms with Crippen LogP contribution < -0.4 is 10.2 Å². The number of aromatic nitrogens is 2. The van der Waals surface area contributed by atoms with Gasteiger partial charge in [-0.1, -0.05) is 28.9 Å². The molecule has 1 atom stereocenters. The number of aryl methyl sites for hydroxylation is 1. The van der Waals surface area contributed by atoms with E-state index in [1.807, 2.05) is 6.07 Å². The monoisotopic (exact) mass is 396 g/mol. The molecule has 7 nitrogen and oxygen atoms in total. The van der Waals surface area contributed by atoms with Gasteiger partial charge in [0.1, 0.15) is 5.92 Å². The minimum atomic E-state index is -0.730. The molecule has 1 aliphatic rings. The number of benzene rings is 2. The summed E-state index contributed by atoms with van der Waals surface area (Å²) in [4.78, 5) is 31.2. The third-order valence-corrected chi connectivity index (χ3v) is 4.83. The Morgan fingerprint density at radius 3 is 2.75 bits per heavy atom. The molecule has 2 amide bonds. The van der Waals surface area contributed by atoms with Crippen molar-refractivity contribution >= 4 is 34.8 Å². The van der Waals surface area contributed by atoms with Crippen LogP contribution >= 0.6 is 11.6 Å². The van der Waals surface area contributed by atoms with Crippen LogP contribution in [-0.2, 0) is 9.59 Å². The van der Waals surface area contributed by atoms with Gasteiger partial charge < -0.3 is 14.7 Å². The van der Waals surface area contributed by atoms with Gasteiger partial charge in [0.15, 0.2) is 0 Å². The van der Waals surface area contributed by atoms with Crippen molar-refractivity contribution in [2.24, 2.45) is 5.92 Å². The van der Waals surface area contributed by atoms with Gasteiger partial charge in [-0.2, -0.15) is 4.98 Å². The molecule has 8 heteroatoms. The maximum atomic E-state index is 12.7. The third kappa shape index (κ3) is 3.61. The number of anilines is 2. The second-order valence-electron chi connectivity index (χ2n) is 6.51. The van der Waals surface area contributed by atoms with Crippen molar-refractivity contribution in [2.75, 3.05) is 16.8 Å². The van der Waals surface area contributed by atoms with E-state index in [9.17, 15) is 9.59 Å². The summed E-state index contributed by atoms with van der Waals surface area (Å²) in [5, 5.41) is 7.29. The summed E-state index contributed by atoms with van der Waals surface area (Å²) in [5.41, 5.74) is 2.03. The van der Waals surface area contributed by atoms with E-state index < -0.39 is 5.92 Å². The molecular formula is C20H17ClN4O3. The van der Waals surface area contributed by atoms with E-state index in [1.165, 1.54) is 0 Å². The molecule has 2 aromatic carbocycles. The zero-order valence-corrected chi connectivity index (χ0v) is 15.8. The Balaban J connectivity index is 1.47. The zero-order valence-electron chi connectivity index (χ0n) is 15.1. The molecule has 1 saturated heterocycles. The first-order valence-electron chi connectivity index (χ1n) is 8.80. The summed E-state index contributed by atoms with van der Waals surface area (Å²) in [5.74, 6) is -0.373. The first kappa shape index (κ1) is 18.2. The standard InChI is InChI=1S/C20H17ClN4O3/c1-12-22-18(24-28-12)13-3-2-4-15(11-13)23-19(26)17-9-10-25(20(17)27)16-7-5-14(21)6-8-16/h2-8,11,17H,9-10H2,1H3,(H,23,26). The van der Waals surface area contributed by atoms with E-state index >= 15 is 0 Å². The highest BCUT2D eigenvalue weighted by Gasteiger charge is 2.37. The second-order valence-corrected chi connectivity index (χ2v) is 6.95. The van der Waals surface area contributed by atoms with Crippen LogP contribution in [-0.4, -0.2) is 28.5 Å². The van der Waals surface area contributed by atoms with Gasteiger partial charge >= 0.3 is 0 Å². The molecule has 1 aliphatic heterocycles. The Bertz CT molecular complexity index is 1030. The smallest absolute Gasteiger partial charge is 0.239 e. The van der Waals surface area contributed by atoms with Gasteiger partial charge in [0.05, 0.1) is 0 Å². The Hall–Kier alpha value is -3.19. The van der Waals surface area contributed by atoms with Gasteiger partial charge in [0.2, 0.25) is 23.5 Å². The number of carbonyl (C=O) groups is 2. The van der Waals surface area contributed by atoms with Crippen LogP contribution in [0.2, 0.25) is 5.02 Å². The molecule has 0 bridgehead atoms. The van der Waals surface area contributed by atoms with Gasteiger partial charge in [-0.15, -0.1) is 0 Å². The van der Waals surface area contributed by atoms with Gasteiger partial charge in [0.25, 0.3) is 0 Å². The van der Waals surface area contributed by atoms with E-state index in [4.69, 9.17) is 16.1 Å². The molecular weight excluding hydrogens is 380 g/mol. The topological polar surface area (TPSA) is 88.3 Å². The Kier molecular flexibility index (Phi) is 4.83. The van der Waals surface area contributed by atoms with Crippen LogP contribution in [0.1, 0.15) is 12.3 Å². The predicted molar refractivity (Wildman–Crippen MR) is 105 cm³/mol. The van der Waals surface area contributed by atoms with Crippen LogP contribution in [0.15, 0.2) is 53.1 Å². The number of amides is 2. The fourth-order valence-electron chi connectivity index (χ4n) is 3.18. The van der Waals surface area contributed by atoms with Crippen molar-refractivity contribution < 1.29 is 14.1 Å². The fourth-order valence-corrected chi connectivity index (χ4v) is 3.31. The lowest BCUT2D eigenvalue weighted by Gasteiger charge is -2.17. The Morgan fingerprint density at radius 2 is 2.04 bits per heavy atom. The SMILES string of the molecule is Cc1nc(-c2cccc(NC(=O)C3CCN(c4ccc(Cl)cc4)C3=O)c2)no1. The normalized spacial score (nSPS) is 16.4. The number of hydrogen-bond donors (Lipinski definition) is 1. The molecule has 0 aliphatic carbocycles. The van der Waals surface area contributed by atoms with Crippen molar-refractivity contribution in [2.45, 2.75) is 13.3 Å². The molecule has 4 rings (SSSR count). The highest BCUT2D eigenvalue weighted by molar-refractivity contribution is 6.30. The summed E-state index contributed by atoms with van der Waals surface area (Å²) >= 11 is 5.90. The lowest BCUT2D eigenvalue weighted by Crippen LogP contribution is -2.33. The van der Waals surface area contributed by atoms with Crippen LogP contribution in [0, 0.1) is 12.8 Å². The first-order valence-corrected chi connectivity index (χ1v) is 9.17. The molecule has 3 aromatic rings. The number of rotatable bonds is 4. The van der Waals surface area contributed by atoms with Gasteiger partial charge in [-0.05, 0) is 42.8 Å². The van der Waals surface area contributed by atoms with Crippen LogP contribution in [0.25, 0.3) is 11.4 Å². The van der Waals surface area contributed by atoms with Crippen molar-refractivity contribution in [3.05, 3.63) is 59.4 Å². The molecule has 28 heavy (non-hydrogen) atoms. The van der Waals surface area contributed by atoms with Crippen molar-refractivity contribution in [3.63, 3.8) is 0 Å². The molecule has 0 saturated carbocycles. The highest BCUT2D eigenvalue weighted by Crippen LogP contribution is 2.28. The lowest BCUT2D eigenvalue weighted by atomic mass is 10.1. The summed E-state index contributed by atoms with van der Waals surface area (Å²) in [6.45, 7) is 2.20. The van der Waals surface area contributed by atoms with E-state index in [-0.39, 0.29) is 11.8 Å². The third-order valence-electron chi connectivity index (χ3n) is 4.58. The zero-order chi connectivity index (χ0) is 19.7. The largest absolute Gasteiger partial charge is 0.339 e. The van der Waals surface area contributed by atoms with Gasteiger partial charge in [-0.3, -0.25) is 9.59 Å². The number of halogens is 1. The summed E-state index contributed by atoms with van der Waals surface area (Å²) < 4.78 is 4.99. The molecule has 1 aromatic heterocycles. The van der Waals surface area contributed by atoms with Gasteiger partial charge in [0, 0.05) is 35.4 Å². The minimum absolute atomic E-state index is 0.218. The Morgan fingerprint density at radius 1 is 1.25 bits per heavy atom. The minimum Gasteiger partial charge on any atom is -0.339 e. The molecule has 1 unspecified atom stereocenters. The Labute approximate surface area is 166 Å². The average molecular weight is 397 g/mol. The molecule has 2 heterocycles. The van der Waals surface area contributed by atoms with Crippen molar-refractivity contribution in [1.29, 1.82) is 0 Å². The van der Waals surface area contributed by atoms with Crippen molar-refractivity contribution in [3.8, 4) is 11.4 Å². The van der Waals surface area contributed by atoms with Crippen LogP contribution in [0.5, 0.6) is 0 Å². The predicted octanol–water partition coefficient (Wildman–Crippen LogP) is 3.69. The molecule has 0 radical (unpaired) electrons. The quantitative estimate of drug-likeness (QED) is 0.679. The first-order chi connectivity index (χ1) is 13.5. The number of nitrogens with zero attached hydrogens (tertiary/aromatic N) is 3. The fraction of sp³-hybridized carbons (Fsp3) is 0.200. The van der Waals surface area contributed by atoms with E-state index in [2.05, 4.69) is 15.5 Å². The van der Waals surface area contributed by atoms with E-state index in [0.717, 1.165) is 11.3 Å². The molecule has 142 valence electrons. The number of nitrogens with one attached hydrogen (secondary N) is 1. The summed E-state index contributed by atoms with van der Waals surface area (Å²) in [6, 6.07) is 14.1. The summed E-state index contributed by atoms with van der Waals surface area (Å²) in [7, 11) is 0. The van der Waals surface area contributed by atoms with Crippen LogP contribution in [0.4, 0.5) is 11.4 Å². The van der Waals surface area contributed by atoms with E-state index in [0.29, 0.717) is 35.4 Å². The van der Waals surface area contributed by atoms with Gasteiger partial charge in [-0.25, -0.2) is 0 Å². The average Bonchev–Trinajstić information content (AvgIpc) is 3.29. The molecule has 1 N–H and O–H groups in total. The number of hydrogen-bond acceptors (Lipinski definition) is 5. The van der Waals surface area contributed by atoms with Crippen molar-refractivity contribution in [1.82, 2.24) is 10.1 Å². The number of carbonyl (C=O) groups excluding carboxylic acids is 2. The second kappa shape index (κ2) is 7.44. The summed E-state index contributed by atoms with van der Waals surface area (Å²) in [6.07, 6.45) is 0.455. The lowest BCUT2D eigenvalue weighted by molar-refractivity contribution is -0.129. The maximum absolute atomic E-state index is 12.7. The van der Waals surface area contributed by atoms with Crippen LogP contribution in [0.3, 0.4) is 0 Å². The highest BCUT2D eigenvalue weighted by atomic mass is 35.5. The van der Waals surface area contributed by atoms with E-state index in [1.54, 1.807) is 54.3 Å².